The largest absolute Gasteiger partial charge is 0.456 e. The molecule has 66 heavy (non-hydrogen) atoms. The molecule has 4 heteroatoms. The first-order valence-corrected chi connectivity index (χ1v) is 23.5. The van der Waals surface area contributed by atoms with Crippen LogP contribution in [0.2, 0.25) is 0 Å². The Balaban J connectivity index is 0.869. The van der Waals surface area contributed by atoms with Crippen molar-refractivity contribution in [3.8, 4) is 55.6 Å². The second-order valence-corrected chi connectivity index (χ2v) is 19.6. The molecule has 0 bridgehead atoms. The van der Waals surface area contributed by atoms with Gasteiger partial charge in [-0.2, -0.15) is 0 Å². The lowest BCUT2D eigenvalue weighted by Gasteiger charge is -2.28. The number of anilines is 3. The molecule has 1 unspecified atom stereocenters. The van der Waals surface area contributed by atoms with E-state index in [0.717, 1.165) is 94.3 Å². The predicted molar refractivity (Wildman–Crippen MR) is 283 cm³/mol. The maximum atomic E-state index is 6.38. The number of nitrogens with zero attached hydrogens (tertiary/aromatic N) is 1. The van der Waals surface area contributed by atoms with E-state index in [1.165, 1.54) is 33.4 Å². The predicted octanol–water partition coefficient (Wildman–Crippen LogP) is 18.3. The van der Waals surface area contributed by atoms with Crippen molar-refractivity contribution in [1.29, 1.82) is 0 Å². The molecule has 13 rings (SSSR count). The van der Waals surface area contributed by atoms with Gasteiger partial charge in [0.05, 0.1) is 3.42 Å². The van der Waals surface area contributed by atoms with E-state index in [9.17, 15) is 0 Å². The number of hydrogen-bond acceptors (Lipinski definition) is 3. The van der Waals surface area contributed by atoms with Gasteiger partial charge in [-0.25, -0.2) is 0 Å². The number of furan rings is 2. The second kappa shape index (κ2) is 15.2. The SMILES string of the molecule is CC1(I)c2cc(-c3ccccc3)ccc2-c2ccc(N(c3ccc(-c4ccc(-c5cccc6c5oc5ccccc56)cc4)cc3)c3ccc(-c4ccc5oc6ccccc6c5c4)cc3)cc21. The van der Waals surface area contributed by atoms with Crippen LogP contribution >= 0.6 is 22.6 Å². The number of para-hydroxylation sites is 3. The first-order valence-electron chi connectivity index (χ1n) is 22.4. The molecule has 1 aliphatic rings. The van der Waals surface area contributed by atoms with Crippen LogP contribution in [0.15, 0.2) is 233 Å². The highest BCUT2D eigenvalue weighted by Gasteiger charge is 2.38. The van der Waals surface area contributed by atoms with Crippen LogP contribution in [0.3, 0.4) is 0 Å². The van der Waals surface area contributed by atoms with Gasteiger partial charge in [-0.3, -0.25) is 0 Å². The van der Waals surface area contributed by atoms with Gasteiger partial charge in [0.2, 0.25) is 0 Å². The zero-order chi connectivity index (χ0) is 43.9. The zero-order valence-electron chi connectivity index (χ0n) is 36.0. The van der Waals surface area contributed by atoms with Gasteiger partial charge in [0.1, 0.15) is 22.3 Å². The average Bonchev–Trinajstić information content (AvgIpc) is 4.02. The van der Waals surface area contributed by atoms with E-state index in [4.69, 9.17) is 8.83 Å². The van der Waals surface area contributed by atoms with Gasteiger partial charge < -0.3 is 13.7 Å². The minimum atomic E-state index is -0.222. The molecule has 312 valence electrons. The molecular weight excluding hydrogens is 918 g/mol. The summed E-state index contributed by atoms with van der Waals surface area (Å²) < 4.78 is 12.3. The Hall–Kier alpha value is -7.67. The molecule has 0 fully saturated rings. The summed E-state index contributed by atoms with van der Waals surface area (Å²) in [5.41, 5.74) is 21.5. The molecule has 1 atom stereocenters. The highest BCUT2D eigenvalue weighted by molar-refractivity contribution is 14.1. The fraction of sp³-hybridized carbons (Fsp3) is 0.0323. The fourth-order valence-electron chi connectivity index (χ4n) is 10.2. The van der Waals surface area contributed by atoms with Gasteiger partial charge >= 0.3 is 0 Å². The molecule has 0 N–H and O–H groups in total. The average molecular weight is 958 g/mol. The summed E-state index contributed by atoms with van der Waals surface area (Å²) in [6.07, 6.45) is 0. The number of alkyl halides is 1. The van der Waals surface area contributed by atoms with Crippen LogP contribution in [-0.2, 0) is 3.42 Å². The normalized spacial score (nSPS) is 14.3. The molecule has 0 radical (unpaired) electrons. The van der Waals surface area contributed by atoms with Crippen LogP contribution in [0.25, 0.3) is 99.5 Å². The van der Waals surface area contributed by atoms with Crippen molar-refractivity contribution < 1.29 is 8.83 Å². The number of fused-ring (bicyclic) bond motifs is 9. The lowest BCUT2D eigenvalue weighted by Crippen LogP contribution is -2.14. The van der Waals surface area contributed by atoms with Gasteiger partial charge in [0.25, 0.3) is 0 Å². The van der Waals surface area contributed by atoms with E-state index < -0.39 is 0 Å². The Kier molecular flexibility index (Phi) is 8.94. The molecule has 2 aromatic heterocycles. The van der Waals surface area contributed by atoms with E-state index >= 15 is 0 Å². The topological polar surface area (TPSA) is 29.5 Å². The van der Waals surface area contributed by atoms with Crippen molar-refractivity contribution in [2.45, 2.75) is 10.3 Å². The third-order valence-corrected chi connectivity index (χ3v) is 14.7. The van der Waals surface area contributed by atoms with Crippen LogP contribution in [0.1, 0.15) is 18.1 Å². The lowest BCUT2D eigenvalue weighted by atomic mass is 9.95. The number of hydrogen-bond donors (Lipinski definition) is 0. The second-order valence-electron chi connectivity index (χ2n) is 17.5. The number of rotatable bonds is 7. The fourth-order valence-corrected chi connectivity index (χ4v) is 11.1. The molecule has 10 aromatic carbocycles. The standard InChI is InChI=1S/C62H40INO2/c1-62(63)56-37-45(39-10-3-2-4-11-39)26-33-50(56)51-34-32-48(38-57(51)62)64(47-30-24-42(25-31-47)44-27-35-60-55(36-44)53-13-6-7-16-58(53)65-60)46-28-22-41(23-29-46)40-18-20-43(21-19-40)49-14-9-15-54-52-12-5-8-17-59(52)66-61(49)54/h2-38H,1H3. The van der Waals surface area contributed by atoms with Gasteiger partial charge in [-0.05, 0) is 135 Å². The third kappa shape index (κ3) is 6.31. The molecule has 1 aliphatic carbocycles. The maximum absolute atomic E-state index is 6.38. The smallest absolute Gasteiger partial charge is 0.143 e. The van der Waals surface area contributed by atoms with Crippen LogP contribution in [-0.4, -0.2) is 0 Å². The zero-order valence-corrected chi connectivity index (χ0v) is 38.2. The van der Waals surface area contributed by atoms with Gasteiger partial charge in [-0.15, -0.1) is 0 Å². The van der Waals surface area contributed by atoms with Crippen molar-refractivity contribution in [2.75, 3.05) is 4.90 Å². The van der Waals surface area contributed by atoms with Gasteiger partial charge in [0, 0.05) is 44.2 Å². The summed E-state index contributed by atoms with van der Waals surface area (Å²) in [4.78, 5) is 2.39. The van der Waals surface area contributed by atoms with Crippen molar-refractivity contribution in [3.63, 3.8) is 0 Å². The summed E-state index contributed by atoms with van der Waals surface area (Å²) in [6.45, 7) is 2.35. The first kappa shape index (κ1) is 38.8. The Morgan fingerprint density at radius 2 is 0.803 bits per heavy atom. The summed E-state index contributed by atoms with van der Waals surface area (Å²) in [6, 6.07) is 80.9. The Bertz CT molecular complexity index is 3820. The minimum Gasteiger partial charge on any atom is -0.456 e. The summed E-state index contributed by atoms with van der Waals surface area (Å²) in [5, 5.41) is 4.54. The van der Waals surface area contributed by atoms with E-state index in [1.807, 2.05) is 24.3 Å². The minimum absolute atomic E-state index is 0.222. The van der Waals surface area contributed by atoms with E-state index in [-0.39, 0.29) is 3.42 Å². The highest BCUT2D eigenvalue weighted by atomic mass is 127. The van der Waals surface area contributed by atoms with Crippen LogP contribution in [0, 0.1) is 0 Å². The van der Waals surface area contributed by atoms with Crippen molar-refractivity contribution >= 4 is 83.5 Å². The van der Waals surface area contributed by atoms with E-state index in [1.54, 1.807) is 0 Å². The van der Waals surface area contributed by atoms with Crippen molar-refractivity contribution in [2.24, 2.45) is 0 Å². The van der Waals surface area contributed by atoms with Crippen molar-refractivity contribution in [3.05, 3.63) is 236 Å². The summed E-state index contributed by atoms with van der Waals surface area (Å²) in [5.74, 6) is 0. The van der Waals surface area contributed by atoms with E-state index in [0.29, 0.717) is 0 Å². The molecule has 0 spiro atoms. The monoisotopic (exact) mass is 957 g/mol. The Morgan fingerprint density at radius 3 is 1.52 bits per heavy atom. The highest BCUT2D eigenvalue weighted by Crippen LogP contribution is 2.55. The maximum Gasteiger partial charge on any atom is 0.143 e. The quantitative estimate of drug-likeness (QED) is 0.118. The molecule has 2 heterocycles. The summed E-state index contributed by atoms with van der Waals surface area (Å²) >= 11 is 2.67. The lowest BCUT2D eigenvalue weighted by molar-refractivity contribution is 0.669. The Labute approximate surface area is 396 Å². The molecular formula is C62H40INO2. The molecule has 0 saturated heterocycles. The van der Waals surface area contributed by atoms with Crippen molar-refractivity contribution in [1.82, 2.24) is 0 Å². The van der Waals surface area contributed by atoms with Gasteiger partial charge in [-0.1, -0.05) is 180 Å². The van der Waals surface area contributed by atoms with Crippen LogP contribution in [0.5, 0.6) is 0 Å². The third-order valence-electron chi connectivity index (χ3n) is 13.6. The van der Waals surface area contributed by atoms with Gasteiger partial charge in [0.15, 0.2) is 0 Å². The van der Waals surface area contributed by atoms with Crippen LogP contribution < -0.4 is 4.90 Å². The number of benzene rings is 10. The first-order chi connectivity index (χ1) is 32.4. The Morgan fingerprint density at radius 1 is 0.333 bits per heavy atom. The van der Waals surface area contributed by atoms with E-state index in [2.05, 4.69) is 235 Å². The molecule has 0 aliphatic heterocycles. The molecule has 3 nitrogen and oxygen atoms in total. The molecule has 0 saturated carbocycles. The summed E-state index contributed by atoms with van der Waals surface area (Å²) in [7, 11) is 0. The molecule has 12 aromatic rings. The molecule has 0 amide bonds. The number of halogens is 1. The van der Waals surface area contributed by atoms with Crippen LogP contribution in [0.4, 0.5) is 17.1 Å².